The second-order valence-electron chi connectivity index (χ2n) is 4.88. The van der Waals surface area contributed by atoms with Crippen molar-refractivity contribution in [2.45, 2.75) is 205 Å². The van der Waals surface area contributed by atoms with Gasteiger partial charge in [-0.1, -0.05) is 205 Å². The Morgan fingerprint density at radius 2 is 0.333 bits per heavy atom. The summed E-state index contributed by atoms with van der Waals surface area (Å²) in [5, 5.41) is 0. The van der Waals surface area contributed by atoms with Crippen LogP contribution in [-0.4, -0.2) is 5.48 Å². The van der Waals surface area contributed by atoms with Gasteiger partial charge >= 0.3 is 0 Å². The van der Waals surface area contributed by atoms with Crippen LogP contribution in [0.15, 0.2) is 0 Å². The van der Waals surface area contributed by atoms with Crippen molar-refractivity contribution in [2.75, 3.05) is 0 Å². The molecule has 1 atom stereocenters. The van der Waals surface area contributed by atoms with Crippen LogP contribution in [0.4, 0.5) is 0 Å². The van der Waals surface area contributed by atoms with Crippen LogP contribution in [0.1, 0.15) is 205 Å². The third kappa shape index (κ3) is 197000. The van der Waals surface area contributed by atoms with Gasteiger partial charge < -0.3 is 5.48 Å². The zero-order chi connectivity index (χ0) is 18.6. The maximum atomic E-state index is 2.17. The summed E-state index contributed by atoms with van der Waals surface area (Å²) < 4.78 is 0. The number of rotatable bonds is 0. The molecule has 33 heavy (non-hydrogen) atoms. The van der Waals surface area contributed by atoms with Crippen molar-refractivity contribution in [3.8, 4) is 0 Å². The highest BCUT2D eigenvalue weighted by Gasteiger charge is 1.68. The molecule has 1 nitrogen and oxygen atoms in total. The summed E-state index contributed by atoms with van der Waals surface area (Å²) in [5.41, 5.74) is 0. The van der Waals surface area contributed by atoms with E-state index in [0.29, 0.717) is 0 Å². The Kier molecular flexibility index (Phi) is 2680. The highest BCUT2D eigenvalue weighted by Crippen LogP contribution is 1.81. The van der Waals surface area contributed by atoms with E-state index in [1.165, 1.54) is 12.8 Å². The van der Waals surface area contributed by atoms with Gasteiger partial charge in [-0.3, -0.25) is 0 Å². The van der Waals surface area contributed by atoms with Crippen LogP contribution in [0, 0.1) is 11.8 Å². The van der Waals surface area contributed by atoms with Crippen molar-refractivity contribution in [2.24, 2.45) is 11.8 Å². The van der Waals surface area contributed by atoms with Gasteiger partial charge in [0, 0.05) is 0 Å². The molecule has 0 aliphatic rings. The average Bonchev–Trinajstić information content (AvgIpc) is 2.36. The minimum Gasteiger partial charge on any atom is -0.412 e. The molecule has 238 valence electrons. The lowest BCUT2D eigenvalue weighted by molar-refractivity contribution is 0.736. The normalized spacial score (nSPS) is 3.82. The van der Waals surface area contributed by atoms with Crippen molar-refractivity contribution in [1.29, 1.82) is 0 Å². The molecular formula is C31H103OP. The summed E-state index contributed by atoms with van der Waals surface area (Å²) >= 11 is 0. The van der Waals surface area contributed by atoms with E-state index >= 15 is 0 Å². The van der Waals surface area contributed by atoms with Gasteiger partial charge in [-0.25, -0.2) is 0 Å². The summed E-state index contributed by atoms with van der Waals surface area (Å²) in [7, 11) is 0. The molecular weight excluding hydrogens is 419 g/mol. The molecule has 0 aromatic heterocycles. The molecule has 0 aliphatic heterocycles. The molecule has 1 unspecified atom stereocenters. The minimum atomic E-state index is 0. The van der Waals surface area contributed by atoms with Crippen molar-refractivity contribution >= 4 is 9.90 Å². The molecule has 0 fully saturated rings. The van der Waals surface area contributed by atoms with Crippen LogP contribution in [0.5, 0.6) is 0 Å². The molecule has 0 heterocycles. The number of hydrogen-bond donors (Lipinski definition) is 0. The Morgan fingerprint density at radius 3 is 0.333 bits per heavy atom. The van der Waals surface area contributed by atoms with E-state index in [1.54, 1.807) is 0 Å². The Labute approximate surface area is 232 Å². The third-order valence-electron chi connectivity index (χ3n) is 0. The van der Waals surface area contributed by atoms with Gasteiger partial charge in [0.1, 0.15) is 0 Å². The first-order valence-electron chi connectivity index (χ1n) is 9.29. The van der Waals surface area contributed by atoms with Crippen molar-refractivity contribution in [3.05, 3.63) is 0 Å². The zero-order valence-electron chi connectivity index (χ0n) is 19.8. The topological polar surface area (TPSA) is 31.5 Å². The molecule has 2 N–H and O–H groups in total. The Morgan fingerprint density at radius 1 is 0.333 bits per heavy atom. The molecule has 0 aromatic carbocycles. The predicted octanol–water partition coefficient (Wildman–Crippen LogP) is 15.5. The van der Waals surface area contributed by atoms with Gasteiger partial charge in [0.05, 0.1) is 0 Å². The number of hydrogen-bond acceptors (Lipinski definition) is 0. The molecule has 0 saturated carbocycles. The van der Waals surface area contributed by atoms with Crippen molar-refractivity contribution in [3.63, 3.8) is 0 Å². The lowest BCUT2D eigenvalue weighted by Crippen LogP contribution is -1.66. The summed E-state index contributed by atoms with van der Waals surface area (Å²) in [6.45, 7) is 33.5. The summed E-state index contributed by atoms with van der Waals surface area (Å²) in [5.74, 6) is 1.67. The molecule has 0 aromatic rings. The molecule has 0 amide bonds. The Balaban J connectivity index is -0.00000000316. The van der Waals surface area contributed by atoms with Gasteiger partial charge in [0.15, 0.2) is 0 Å². The SMILES string of the molecule is C.C.C.C.C.C.C.C.C.C.C.CC.CC.CC.CC(C)C.CC(C)C.CCC.CCC.O.P. The smallest absolute Gasteiger partial charge is 0.0500 e. The maximum absolute atomic E-state index is 2.17. The van der Waals surface area contributed by atoms with Crippen molar-refractivity contribution < 1.29 is 5.48 Å². The van der Waals surface area contributed by atoms with Crippen LogP contribution in [-0.2, 0) is 0 Å². The van der Waals surface area contributed by atoms with E-state index in [9.17, 15) is 0 Å². The standard InChI is InChI=1S/2C4H10.2C3H8.3C2H6.11CH4.H2O.H3P/c2*1-4(2)3;2*1-3-2;3*1-2;;;;;;;;;;;;;/h2*4H,1-3H3;2*3H2,1-2H3;3*1-2H3;11*1H4;1H2;1H3. The van der Waals surface area contributed by atoms with E-state index in [2.05, 4.69) is 69.2 Å². The summed E-state index contributed by atoms with van der Waals surface area (Å²) in [6.07, 6.45) is 2.50. The molecule has 0 bridgehead atoms. The molecule has 0 rings (SSSR count). The summed E-state index contributed by atoms with van der Waals surface area (Å²) in [4.78, 5) is 0. The lowest BCUT2D eigenvalue weighted by atomic mass is 10.3. The summed E-state index contributed by atoms with van der Waals surface area (Å²) in [6, 6.07) is 0. The van der Waals surface area contributed by atoms with Gasteiger partial charge in [-0.2, -0.15) is 9.90 Å². The van der Waals surface area contributed by atoms with Crippen LogP contribution < -0.4 is 0 Å². The molecule has 0 aliphatic carbocycles. The van der Waals surface area contributed by atoms with E-state index in [-0.39, 0.29) is 97.1 Å². The van der Waals surface area contributed by atoms with E-state index < -0.39 is 0 Å². The fourth-order valence-electron chi connectivity index (χ4n) is 0. The van der Waals surface area contributed by atoms with Crippen LogP contribution in [0.2, 0.25) is 0 Å². The fraction of sp³-hybridized carbons (Fsp3) is 1.00. The molecule has 0 saturated heterocycles. The second kappa shape index (κ2) is 453. The van der Waals surface area contributed by atoms with Crippen LogP contribution in [0.3, 0.4) is 0 Å². The first kappa shape index (κ1) is 195. The van der Waals surface area contributed by atoms with E-state index in [1.807, 2.05) is 41.5 Å². The second-order valence-corrected chi connectivity index (χ2v) is 4.88. The molecule has 2 heteroatoms. The van der Waals surface area contributed by atoms with Crippen LogP contribution >= 0.6 is 9.90 Å². The average molecular weight is 523 g/mol. The van der Waals surface area contributed by atoms with Gasteiger partial charge in [0.2, 0.25) is 0 Å². The first-order valence-corrected chi connectivity index (χ1v) is 9.29. The lowest BCUT2D eigenvalue weighted by Gasteiger charge is -1.79. The van der Waals surface area contributed by atoms with Gasteiger partial charge in [-0.05, 0) is 11.8 Å². The predicted molar refractivity (Wildman–Crippen MR) is 196 cm³/mol. The molecule has 0 radical (unpaired) electrons. The Bertz CT molecular complexity index is 43.4. The highest BCUT2D eigenvalue weighted by atomic mass is 31.0. The van der Waals surface area contributed by atoms with E-state index in [4.69, 9.17) is 0 Å². The van der Waals surface area contributed by atoms with Crippen molar-refractivity contribution in [1.82, 2.24) is 0 Å². The minimum absolute atomic E-state index is 0. The maximum Gasteiger partial charge on any atom is -0.0500 e. The molecule has 0 spiro atoms. The highest BCUT2D eigenvalue weighted by molar-refractivity contribution is 6.92. The Hall–Kier alpha value is 0.390. The van der Waals surface area contributed by atoms with E-state index in [0.717, 1.165) is 11.8 Å². The fourth-order valence-corrected chi connectivity index (χ4v) is 0. The third-order valence-corrected chi connectivity index (χ3v) is 0. The van der Waals surface area contributed by atoms with Crippen LogP contribution in [0.25, 0.3) is 0 Å². The monoisotopic (exact) mass is 523 g/mol. The largest absolute Gasteiger partial charge is 0.412 e. The first-order chi connectivity index (χ1) is 9.29. The quantitative estimate of drug-likeness (QED) is 0.283. The van der Waals surface area contributed by atoms with Gasteiger partial charge in [-0.15, -0.1) is 0 Å². The van der Waals surface area contributed by atoms with Gasteiger partial charge in [0.25, 0.3) is 0 Å². The zero-order valence-corrected chi connectivity index (χ0v) is 21.2.